The van der Waals surface area contributed by atoms with Crippen LogP contribution in [0.5, 0.6) is 5.88 Å². The van der Waals surface area contributed by atoms with Gasteiger partial charge in [-0.05, 0) is 43.9 Å². The fourth-order valence-corrected chi connectivity index (χ4v) is 2.55. The van der Waals surface area contributed by atoms with Crippen molar-refractivity contribution in [1.29, 1.82) is 0 Å². The summed E-state index contributed by atoms with van der Waals surface area (Å²) >= 11 is 12.0. The zero-order valence-corrected chi connectivity index (χ0v) is 12.8. The number of benzene rings is 1. The molecule has 0 saturated heterocycles. The van der Waals surface area contributed by atoms with Crippen molar-refractivity contribution in [3.8, 4) is 11.6 Å². The molecule has 106 valence electrons. The summed E-state index contributed by atoms with van der Waals surface area (Å²) in [6.07, 6.45) is 3.86. The van der Waals surface area contributed by atoms with Crippen molar-refractivity contribution >= 4 is 23.2 Å². The van der Waals surface area contributed by atoms with E-state index < -0.39 is 0 Å². The number of aromatic nitrogens is 2. The van der Waals surface area contributed by atoms with E-state index >= 15 is 0 Å². The number of nitrogens with zero attached hydrogens (tertiary/aromatic N) is 2. The number of halogens is 2. The molecule has 1 aromatic heterocycles. The van der Waals surface area contributed by atoms with Crippen LogP contribution < -0.4 is 4.74 Å². The van der Waals surface area contributed by atoms with Gasteiger partial charge in [0, 0.05) is 11.8 Å². The molecule has 0 radical (unpaired) electrons. The molecule has 20 heavy (non-hydrogen) atoms. The van der Waals surface area contributed by atoms with Gasteiger partial charge in [0.1, 0.15) is 0 Å². The Balaban J connectivity index is 1.78. The van der Waals surface area contributed by atoms with Crippen LogP contribution in [0.3, 0.4) is 0 Å². The van der Waals surface area contributed by atoms with Crippen LogP contribution in [0.15, 0.2) is 24.3 Å². The lowest BCUT2D eigenvalue weighted by Gasteiger charge is -2.24. The van der Waals surface area contributed by atoms with Crippen molar-refractivity contribution in [2.24, 2.45) is 5.92 Å². The van der Waals surface area contributed by atoms with E-state index in [1.165, 1.54) is 19.3 Å². The highest BCUT2D eigenvalue weighted by molar-refractivity contribution is 6.42. The van der Waals surface area contributed by atoms with E-state index in [2.05, 4.69) is 5.10 Å². The predicted molar refractivity (Wildman–Crippen MR) is 81.2 cm³/mol. The highest BCUT2D eigenvalue weighted by atomic mass is 35.5. The van der Waals surface area contributed by atoms with Crippen molar-refractivity contribution in [2.75, 3.05) is 6.61 Å². The van der Waals surface area contributed by atoms with Crippen molar-refractivity contribution in [2.45, 2.75) is 26.2 Å². The predicted octanol–water partition coefficient (Wildman–Crippen LogP) is 4.67. The molecule has 1 saturated carbocycles. The molecule has 1 heterocycles. The molecule has 0 spiro atoms. The van der Waals surface area contributed by atoms with Gasteiger partial charge in [0.25, 0.3) is 0 Å². The first-order valence-corrected chi connectivity index (χ1v) is 7.54. The number of ether oxygens (including phenoxy) is 1. The summed E-state index contributed by atoms with van der Waals surface area (Å²) in [6.45, 7) is 2.75. The van der Waals surface area contributed by atoms with Crippen LogP contribution in [0, 0.1) is 12.8 Å². The second-order valence-corrected chi connectivity index (χ2v) is 6.06. The second-order valence-electron chi connectivity index (χ2n) is 5.24. The molecule has 2 aromatic rings. The van der Waals surface area contributed by atoms with Gasteiger partial charge < -0.3 is 4.74 Å². The van der Waals surface area contributed by atoms with Gasteiger partial charge in [-0.3, -0.25) is 0 Å². The Morgan fingerprint density at radius 2 is 2.05 bits per heavy atom. The summed E-state index contributed by atoms with van der Waals surface area (Å²) in [6, 6.07) is 7.42. The van der Waals surface area contributed by atoms with Crippen LogP contribution in [-0.2, 0) is 0 Å². The average molecular weight is 311 g/mol. The Bertz CT molecular complexity index is 620. The topological polar surface area (TPSA) is 27.1 Å². The van der Waals surface area contributed by atoms with Gasteiger partial charge in [-0.25, -0.2) is 4.68 Å². The monoisotopic (exact) mass is 310 g/mol. The van der Waals surface area contributed by atoms with E-state index in [-0.39, 0.29) is 0 Å². The molecule has 0 unspecified atom stereocenters. The van der Waals surface area contributed by atoms with Crippen LogP contribution in [0.25, 0.3) is 5.69 Å². The Morgan fingerprint density at radius 1 is 1.25 bits per heavy atom. The molecule has 5 heteroatoms. The lowest BCUT2D eigenvalue weighted by molar-refractivity contribution is 0.175. The molecule has 0 atom stereocenters. The quantitative estimate of drug-likeness (QED) is 0.820. The minimum Gasteiger partial charge on any atom is -0.476 e. The van der Waals surface area contributed by atoms with E-state index in [1.54, 1.807) is 12.1 Å². The van der Waals surface area contributed by atoms with Crippen LogP contribution in [0.1, 0.15) is 25.0 Å². The molecule has 0 bridgehead atoms. The Kier molecular flexibility index (Phi) is 3.90. The fraction of sp³-hybridized carbons (Fsp3) is 0.400. The Morgan fingerprint density at radius 3 is 2.70 bits per heavy atom. The lowest BCUT2D eigenvalue weighted by Crippen LogP contribution is -2.19. The summed E-state index contributed by atoms with van der Waals surface area (Å²) in [7, 11) is 0. The summed E-state index contributed by atoms with van der Waals surface area (Å²) in [5, 5.41) is 5.54. The highest BCUT2D eigenvalue weighted by Gasteiger charge is 2.18. The molecule has 0 amide bonds. The minimum atomic E-state index is 0.524. The van der Waals surface area contributed by atoms with E-state index in [1.807, 2.05) is 23.7 Å². The molecule has 3 rings (SSSR count). The zero-order chi connectivity index (χ0) is 14.1. The molecule has 1 aliphatic carbocycles. The Hall–Kier alpha value is -1.19. The van der Waals surface area contributed by atoms with Crippen LogP contribution in [0.2, 0.25) is 10.0 Å². The van der Waals surface area contributed by atoms with E-state index in [9.17, 15) is 0 Å². The van der Waals surface area contributed by atoms with Gasteiger partial charge in [-0.15, -0.1) is 5.10 Å². The molecule has 1 aromatic carbocycles. The summed E-state index contributed by atoms with van der Waals surface area (Å²) < 4.78 is 7.57. The fourth-order valence-electron chi connectivity index (χ4n) is 2.26. The normalized spacial score (nSPS) is 15.2. The van der Waals surface area contributed by atoms with Crippen LogP contribution in [-0.4, -0.2) is 16.4 Å². The van der Waals surface area contributed by atoms with Crippen LogP contribution >= 0.6 is 23.2 Å². The molecule has 0 aliphatic heterocycles. The number of hydrogen-bond donors (Lipinski definition) is 0. The third-order valence-electron chi connectivity index (χ3n) is 3.70. The molecule has 0 N–H and O–H groups in total. The summed E-state index contributed by atoms with van der Waals surface area (Å²) in [4.78, 5) is 0. The number of rotatable bonds is 4. The maximum Gasteiger partial charge on any atom is 0.233 e. The molecular weight excluding hydrogens is 295 g/mol. The third kappa shape index (κ3) is 2.79. The average Bonchev–Trinajstić information content (AvgIpc) is 2.72. The first-order valence-electron chi connectivity index (χ1n) is 6.78. The Labute approximate surface area is 128 Å². The van der Waals surface area contributed by atoms with Crippen LogP contribution in [0.4, 0.5) is 0 Å². The molecular formula is C15H16Cl2N2O. The van der Waals surface area contributed by atoms with Crippen molar-refractivity contribution in [3.63, 3.8) is 0 Å². The maximum atomic E-state index is 6.05. The van der Waals surface area contributed by atoms with Gasteiger partial charge in [0.05, 0.1) is 22.3 Å². The minimum absolute atomic E-state index is 0.524. The zero-order valence-electron chi connectivity index (χ0n) is 11.3. The van der Waals surface area contributed by atoms with Gasteiger partial charge in [-0.2, -0.15) is 0 Å². The maximum absolute atomic E-state index is 6.05. The third-order valence-corrected chi connectivity index (χ3v) is 4.44. The number of aryl methyl sites for hydroxylation is 1. The van der Waals surface area contributed by atoms with E-state index in [0.29, 0.717) is 21.8 Å². The van der Waals surface area contributed by atoms with Gasteiger partial charge >= 0.3 is 0 Å². The van der Waals surface area contributed by atoms with Crippen molar-refractivity contribution in [1.82, 2.24) is 9.78 Å². The van der Waals surface area contributed by atoms with E-state index in [4.69, 9.17) is 27.9 Å². The molecule has 1 aliphatic rings. The first kappa shape index (κ1) is 13.8. The number of hydrogen-bond acceptors (Lipinski definition) is 2. The molecule has 1 fully saturated rings. The highest BCUT2D eigenvalue weighted by Crippen LogP contribution is 2.28. The van der Waals surface area contributed by atoms with Gasteiger partial charge in [0.15, 0.2) is 0 Å². The van der Waals surface area contributed by atoms with Crippen molar-refractivity contribution in [3.05, 3.63) is 40.0 Å². The molecule has 3 nitrogen and oxygen atoms in total. The van der Waals surface area contributed by atoms with Gasteiger partial charge in [0.2, 0.25) is 5.88 Å². The lowest BCUT2D eigenvalue weighted by atomic mass is 9.86. The standard InChI is InChI=1S/C15H16Cl2N2O/c1-10-7-15(20-9-11-3-2-4-11)18-19(10)12-5-6-13(16)14(17)8-12/h5-8,11H,2-4,9H2,1H3. The summed E-state index contributed by atoms with van der Waals surface area (Å²) in [5.41, 5.74) is 1.89. The summed E-state index contributed by atoms with van der Waals surface area (Å²) in [5.74, 6) is 1.37. The van der Waals surface area contributed by atoms with Crippen molar-refractivity contribution < 1.29 is 4.74 Å². The largest absolute Gasteiger partial charge is 0.476 e. The second kappa shape index (κ2) is 5.66. The smallest absolute Gasteiger partial charge is 0.233 e. The first-order chi connectivity index (χ1) is 9.63. The van der Waals surface area contributed by atoms with E-state index in [0.717, 1.165) is 18.0 Å². The van der Waals surface area contributed by atoms with Gasteiger partial charge in [-0.1, -0.05) is 29.6 Å². The SMILES string of the molecule is Cc1cc(OCC2CCC2)nn1-c1ccc(Cl)c(Cl)c1.